The summed E-state index contributed by atoms with van der Waals surface area (Å²) in [7, 11) is 0.105. The van der Waals surface area contributed by atoms with Gasteiger partial charge in [0.25, 0.3) is 5.91 Å². The number of halogens is 7. The summed E-state index contributed by atoms with van der Waals surface area (Å²) in [6.45, 7) is 32.4. The van der Waals surface area contributed by atoms with Crippen LogP contribution in [0.4, 0.5) is 41.6 Å². The van der Waals surface area contributed by atoms with E-state index < -0.39 is 111 Å². The number of aliphatic imine (C=N–C) groups is 3. The van der Waals surface area contributed by atoms with Gasteiger partial charge in [-0.05, 0) is 132 Å². The second-order valence-corrected chi connectivity index (χ2v) is 44.8. The summed E-state index contributed by atoms with van der Waals surface area (Å²) in [6.07, 6.45) is -0.0473. The molecule has 9 rings (SSSR count). The molecule has 3 saturated carbocycles. The molecule has 3 aliphatic heterocycles. The summed E-state index contributed by atoms with van der Waals surface area (Å²) >= 11 is 3.51. The Balaban J connectivity index is 0.000000315. The Hall–Kier alpha value is -4.38. The Morgan fingerprint density at radius 2 is 0.948 bits per heavy atom. The molecule has 0 saturated heterocycles. The zero-order valence-electron chi connectivity index (χ0n) is 59.2. The number of Topliss-reactive ketones (excluding diaryl/α,β-unsaturated/α-hetero) is 2. The molecular weight excluding hydrogens is 1390 g/mol. The number of ether oxygens (including phenoxy) is 4. The quantitative estimate of drug-likeness (QED) is 0.0243. The summed E-state index contributed by atoms with van der Waals surface area (Å²) in [5.74, 6) is -7.49. The van der Waals surface area contributed by atoms with E-state index in [4.69, 9.17) is 45.2 Å². The molecule has 3 aromatic carbocycles. The van der Waals surface area contributed by atoms with E-state index in [1.54, 1.807) is 62.3 Å². The number of amidine groups is 3. The summed E-state index contributed by atoms with van der Waals surface area (Å²) in [5, 5.41) is 1.68. The Bertz CT molecular complexity index is 3570. The number of ketones is 2. The molecule has 0 aromatic heterocycles. The number of thioether (sulfide) groups is 3. The molecule has 9 atom stereocenters. The molecule has 0 spiro atoms. The number of benzene rings is 3. The summed E-state index contributed by atoms with van der Waals surface area (Å²) in [4.78, 5) is 86.4. The molecule has 3 fully saturated rings. The van der Waals surface area contributed by atoms with E-state index in [9.17, 15) is 45.9 Å². The number of rotatable bonds is 17. The Labute approximate surface area is 604 Å². The van der Waals surface area contributed by atoms with Gasteiger partial charge in [0.1, 0.15) is 41.0 Å². The van der Waals surface area contributed by atoms with Gasteiger partial charge in [-0.2, -0.15) is 0 Å². The summed E-state index contributed by atoms with van der Waals surface area (Å²) < 4.78 is 107. The molecule has 97 heavy (non-hydrogen) atoms. The van der Waals surface area contributed by atoms with Crippen molar-refractivity contribution in [3.8, 4) is 0 Å². The van der Waals surface area contributed by atoms with Gasteiger partial charge in [0, 0.05) is 76.5 Å². The van der Waals surface area contributed by atoms with Gasteiger partial charge in [0.05, 0.1) is 33.2 Å². The van der Waals surface area contributed by atoms with E-state index in [1.165, 1.54) is 91.7 Å². The summed E-state index contributed by atoms with van der Waals surface area (Å²) in [5.41, 5.74) is 6.45. The van der Waals surface area contributed by atoms with Crippen LogP contribution in [0.15, 0.2) is 63.5 Å². The van der Waals surface area contributed by atoms with E-state index in [0.29, 0.717) is 32.5 Å². The third-order valence-corrected chi connectivity index (χ3v) is 25.3. The van der Waals surface area contributed by atoms with Gasteiger partial charge in [0.15, 0.2) is 50.4 Å². The zero-order valence-corrected chi connectivity index (χ0v) is 65.8. The first kappa shape index (κ1) is 85.0. The average molecular weight is 1480 g/mol. The van der Waals surface area contributed by atoms with Crippen molar-refractivity contribution in [2.75, 3.05) is 46.6 Å². The van der Waals surface area contributed by atoms with Crippen LogP contribution in [0, 0.1) is 60.1 Å². The number of nitrogens with two attached hydrogens (primary N) is 2. The molecule has 6 aliphatic rings. The van der Waals surface area contributed by atoms with Crippen molar-refractivity contribution in [1.82, 2.24) is 14.9 Å². The topological polar surface area (TPSA) is 230 Å². The monoisotopic (exact) mass is 1480 g/mol. The summed E-state index contributed by atoms with van der Waals surface area (Å²) in [6, 6.07) is 12.0. The van der Waals surface area contributed by atoms with Crippen molar-refractivity contribution >= 4 is 125 Å². The van der Waals surface area contributed by atoms with Crippen LogP contribution in [0.25, 0.3) is 0 Å². The maximum Gasteiger partial charge on any atom is 2.00 e. The number of hydrogen-bond donors (Lipinski definition) is 2. The van der Waals surface area contributed by atoms with Crippen molar-refractivity contribution in [3.05, 3.63) is 108 Å². The van der Waals surface area contributed by atoms with Gasteiger partial charge < -0.3 is 50.2 Å². The number of hydroxylamine groups is 2. The Morgan fingerprint density at radius 3 is 1.33 bits per heavy atom. The Kier molecular flexibility index (Phi) is 27.2. The van der Waals surface area contributed by atoms with Crippen molar-refractivity contribution in [3.63, 3.8) is 0 Å². The van der Waals surface area contributed by atoms with Crippen LogP contribution < -0.4 is 23.9 Å². The first-order chi connectivity index (χ1) is 43.2. The van der Waals surface area contributed by atoms with E-state index in [0.717, 1.165) is 47.1 Å². The molecule has 0 bridgehead atoms. The SMILES string of the molecule is CC(=O)[C@]12C[C@H]1[C@@](C)(c1cc(N)cc(F)c1F)N=C(N)S2.CC(=O)[C@]12C[C@H]1[C@@](C)(c1cccc(F)c1F)N=C(N(COCC[Si](C)(C)C)C(=O)OC(C)(C)C)S2.CON(C)C(=O)[C@]12C[C@H]1[C@@](C)(c1cccc(F)c1F)N=C(N(COCC[Si](C)(C)C)C(=O)OC(C)(C)C)S2.[CH3-].[Cl-].[Mg+2]. The van der Waals surface area contributed by atoms with Gasteiger partial charge in [-0.1, -0.05) is 98.8 Å². The van der Waals surface area contributed by atoms with Crippen LogP contribution in [-0.4, -0.2) is 166 Å². The number of fused-ring (bicyclic) bond motifs is 3. The zero-order chi connectivity index (χ0) is 70.7. The maximum absolute atomic E-state index is 15.1. The maximum atomic E-state index is 15.1. The molecular formula is C66H93ClF6MgN8O10S3Si2. The molecule has 3 amide bonds. The van der Waals surface area contributed by atoms with Gasteiger partial charge in [-0.25, -0.2) is 50.8 Å². The minimum atomic E-state index is -1.40. The molecule has 3 aliphatic carbocycles. The van der Waals surface area contributed by atoms with E-state index in [2.05, 4.69) is 44.3 Å². The van der Waals surface area contributed by atoms with Crippen molar-refractivity contribution in [1.29, 1.82) is 0 Å². The molecule has 3 aromatic rings. The van der Waals surface area contributed by atoms with Gasteiger partial charge in [0.2, 0.25) is 0 Å². The number of amides is 3. The van der Waals surface area contributed by atoms with Gasteiger partial charge in [-0.3, -0.25) is 34.2 Å². The van der Waals surface area contributed by atoms with Crippen LogP contribution in [0.3, 0.4) is 0 Å². The molecule has 0 unspecified atom stereocenters. The largest absolute Gasteiger partial charge is 2.00 e. The predicted octanol–water partition coefficient (Wildman–Crippen LogP) is 11.0. The number of anilines is 1. The van der Waals surface area contributed by atoms with Crippen molar-refractivity contribution < 1.29 is 86.5 Å². The third-order valence-electron chi connectivity index (χ3n) is 17.4. The van der Waals surface area contributed by atoms with Crippen LogP contribution in [-0.2, 0) is 54.8 Å². The van der Waals surface area contributed by atoms with Crippen LogP contribution >= 0.6 is 35.3 Å². The number of carbonyl (C=O) groups excluding carboxylic acids is 5. The van der Waals surface area contributed by atoms with E-state index >= 15 is 4.39 Å². The second-order valence-electron chi connectivity index (χ2n) is 29.6. The predicted molar refractivity (Wildman–Crippen MR) is 375 cm³/mol. The number of hydrogen-bond acceptors (Lipinski definition) is 18. The first-order valence-corrected chi connectivity index (χ1v) is 40.8. The molecule has 31 heteroatoms. The normalized spacial score (nSPS) is 26.5. The second kappa shape index (κ2) is 31.1. The minimum absolute atomic E-state index is 0. The molecule has 18 nitrogen and oxygen atoms in total. The molecule has 534 valence electrons. The third kappa shape index (κ3) is 18.7. The van der Waals surface area contributed by atoms with Crippen LogP contribution in [0.2, 0.25) is 51.4 Å². The van der Waals surface area contributed by atoms with E-state index in [-0.39, 0.29) is 124 Å². The fourth-order valence-electron chi connectivity index (χ4n) is 11.8. The molecule has 3 heterocycles. The minimum Gasteiger partial charge on any atom is -1.00 e. The Morgan fingerprint density at radius 1 is 0.588 bits per heavy atom. The molecule has 0 radical (unpaired) electrons. The van der Waals surface area contributed by atoms with Crippen LogP contribution in [0.5, 0.6) is 0 Å². The number of nitrogens with zero attached hydrogens (tertiary/aromatic N) is 6. The number of carbonyl (C=O) groups is 5. The van der Waals surface area contributed by atoms with Crippen molar-refractivity contribution in [2.45, 2.75) is 189 Å². The standard InChI is InChI=1S/C26H39F2N3O5SSi.C25H36F2N2O4SSi.C14H15F2N3OS.CH3.ClH.Mg/c1-24(2,3)36-23(33)31(16-35-13-14-38(7,8)9)22-29-25(4,17-11-10-12-18(27)20(17)28)19-15-26(19,37-22)21(32)30(5)34-6;1-16(30)25-14-19(25)24(5,17-10-9-11-18(26)20(17)27)28-21(34-25)29(22(31)33-23(2,3)4)15-32-12-13-35(6,7)8;1-6(20)14-5-10(14)13(2,19-12(18)21-14)8-3-7(17)4-9(15)11(8)16;;;/h10-12,19H,13-16H2,1-9H3;9-11,19H,12-15H2,1-8H3;3-4,10H,5,17H2,1-2H3,(H2,18,19);1H3;1H;/q;;;-1;;+2/p-1/t19-,25+,26-;19-,24+,25+;10-,13+,14+;;;/m000.../s1. The smallest absolute Gasteiger partial charge is 1.00 e. The first-order valence-electron chi connectivity index (χ1n) is 30.9. The van der Waals surface area contributed by atoms with Gasteiger partial charge in [-0.15, -0.1) is 0 Å². The van der Waals surface area contributed by atoms with Gasteiger partial charge >= 0.3 is 35.2 Å². The van der Waals surface area contributed by atoms with E-state index in [1.807, 2.05) is 0 Å². The van der Waals surface area contributed by atoms with Crippen molar-refractivity contribution in [2.24, 2.45) is 38.5 Å². The molecule has 4 N–H and O–H groups in total. The fraction of sp³-hybridized carbons (Fsp3) is 0.591. The average Bonchev–Trinajstić information content (AvgIpc) is 1.54. The van der Waals surface area contributed by atoms with Crippen LogP contribution in [0.1, 0.15) is 112 Å². The number of nitrogen functional groups attached to an aromatic ring is 1. The fourth-order valence-corrected chi connectivity index (χ4v) is 17.9.